The summed E-state index contributed by atoms with van der Waals surface area (Å²) in [6.07, 6.45) is -0.502. The van der Waals surface area contributed by atoms with Crippen molar-refractivity contribution in [2.24, 2.45) is 0 Å². The van der Waals surface area contributed by atoms with Crippen LogP contribution in [0.25, 0.3) is 0 Å². The lowest BCUT2D eigenvalue weighted by atomic mass is 10.1. The molecule has 2 atom stereocenters. The number of rotatable bonds is 8. The van der Waals surface area contributed by atoms with Crippen molar-refractivity contribution >= 4 is 0 Å². The van der Waals surface area contributed by atoms with Gasteiger partial charge in [-0.25, -0.2) is 0 Å². The number of likely N-dealkylation sites (N-methyl/N-ethyl adjacent to an activating group) is 1. The molecule has 0 saturated carbocycles. The van der Waals surface area contributed by atoms with Gasteiger partial charge in [0, 0.05) is 5.56 Å². The Morgan fingerprint density at radius 1 is 1.00 bits per heavy atom. The number of benzene rings is 2. The Morgan fingerprint density at radius 3 is 2.28 bits per heavy atom. The second kappa shape index (κ2) is 8.88. The van der Waals surface area contributed by atoms with Gasteiger partial charge < -0.3 is 19.5 Å². The van der Waals surface area contributed by atoms with Crippen molar-refractivity contribution < 1.29 is 19.5 Å². The summed E-state index contributed by atoms with van der Waals surface area (Å²) in [4.78, 5) is 1.24. The van der Waals surface area contributed by atoms with Crippen LogP contribution < -0.4 is 14.4 Å². The van der Waals surface area contributed by atoms with Crippen LogP contribution in [0.1, 0.15) is 22.3 Å². The summed E-state index contributed by atoms with van der Waals surface area (Å²) < 4.78 is 11.1. The number of nitrogens with one attached hydrogen (secondary N) is 1. The summed E-state index contributed by atoms with van der Waals surface area (Å²) in [5.74, 6) is 1.76. The summed E-state index contributed by atoms with van der Waals surface area (Å²) in [5, 5.41) is 10.3. The molecule has 0 amide bonds. The molecule has 4 nitrogen and oxygen atoms in total. The van der Waals surface area contributed by atoms with Crippen molar-refractivity contribution in [1.29, 1.82) is 0 Å². The molecule has 0 fully saturated rings. The van der Waals surface area contributed by atoms with E-state index in [4.69, 9.17) is 9.47 Å². The lowest BCUT2D eigenvalue weighted by Crippen LogP contribution is -3.09. The Labute approximate surface area is 151 Å². The first kappa shape index (κ1) is 19.3. The maximum Gasteiger partial charge on any atom is 0.137 e. The zero-order chi connectivity index (χ0) is 18.4. The first-order valence-corrected chi connectivity index (χ1v) is 8.72. The fraction of sp³-hybridized carbons (Fsp3) is 0.429. The van der Waals surface area contributed by atoms with E-state index < -0.39 is 6.10 Å². The molecule has 2 aromatic rings. The Kier molecular flexibility index (Phi) is 6.85. The normalized spacial score (nSPS) is 13.4. The third kappa shape index (κ3) is 5.48. The predicted octanol–water partition coefficient (Wildman–Crippen LogP) is 2.08. The molecule has 0 spiro atoms. The number of aliphatic hydroxyl groups is 1. The largest absolute Gasteiger partial charge is 0.497 e. The van der Waals surface area contributed by atoms with Gasteiger partial charge >= 0.3 is 0 Å². The maximum absolute atomic E-state index is 10.3. The second-order valence-electron chi connectivity index (χ2n) is 6.80. The number of quaternary nitrogens is 1. The average molecular weight is 344 g/mol. The summed E-state index contributed by atoms with van der Waals surface area (Å²) in [6, 6.07) is 12.2. The Morgan fingerprint density at radius 2 is 1.64 bits per heavy atom. The molecular formula is C21H30NO3+. The van der Waals surface area contributed by atoms with E-state index in [-0.39, 0.29) is 0 Å². The van der Waals surface area contributed by atoms with Crippen LogP contribution in [0.4, 0.5) is 0 Å². The molecule has 0 saturated heterocycles. The predicted molar refractivity (Wildman–Crippen MR) is 101 cm³/mol. The van der Waals surface area contributed by atoms with Gasteiger partial charge in [-0.2, -0.15) is 0 Å². The van der Waals surface area contributed by atoms with Gasteiger partial charge in [-0.3, -0.25) is 0 Å². The summed E-state index contributed by atoms with van der Waals surface area (Å²) in [6.45, 7) is 7.97. The van der Waals surface area contributed by atoms with Crippen LogP contribution in [0.15, 0.2) is 36.4 Å². The zero-order valence-electron chi connectivity index (χ0n) is 15.9. The van der Waals surface area contributed by atoms with E-state index in [0.717, 1.165) is 29.2 Å². The van der Waals surface area contributed by atoms with E-state index in [9.17, 15) is 5.11 Å². The van der Waals surface area contributed by atoms with Crippen LogP contribution in [0.5, 0.6) is 11.5 Å². The molecule has 0 bridgehead atoms. The van der Waals surface area contributed by atoms with Gasteiger partial charge in [-0.05, 0) is 61.7 Å². The molecule has 136 valence electrons. The monoisotopic (exact) mass is 344 g/mol. The number of methoxy groups -OCH3 is 1. The molecule has 25 heavy (non-hydrogen) atoms. The van der Waals surface area contributed by atoms with Crippen LogP contribution in [0.3, 0.4) is 0 Å². The first-order valence-electron chi connectivity index (χ1n) is 8.72. The Hall–Kier alpha value is -2.04. The smallest absolute Gasteiger partial charge is 0.137 e. The molecule has 1 unspecified atom stereocenters. The molecule has 0 aromatic heterocycles. The minimum Gasteiger partial charge on any atom is -0.497 e. The first-order chi connectivity index (χ1) is 11.9. The second-order valence-corrected chi connectivity index (χ2v) is 6.80. The quantitative estimate of drug-likeness (QED) is 0.770. The number of hydrogen-bond acceptors (Lipinski definition) is 3. The molecule has 0 aliphatic carbocycles. The van der Waals surface area contributed by atoms with Crippen molar-refractivity contribution in [2.45, 2.75) is 33.4 Å². The van der Waals surface area contributed by atoms with Gasteiger partial charge in [0.25, 0.3) is 0 Å². The molecular weight excluding hydrogens is 314 g/mol. The van der Waals surface area contributed by atoms with Gasteiger partial charge in [0.05, 0.1) is 14.2 Å². The van der Waals surface area contributed by atoms with Gasteiger partial charge in [-0.15, -0.1) is 0 Å². The highest BCUT2D eigenvalue weighted by Gasteiger charge is 2.15. The molecule has 2 aromatic carbocycles. The molecule has 2 rings (SSSR count). The molecule has 2 N–H and O–H groups in total. The lowest BCUT2D eigenvalue weighted by molar-refractivity contribution is -0.897. The van der Waals surface area contributed by atoms with Crippen LogP contribution in [-0.4, -0.2) is 38.5 Å². The zero-order valence-corrected chi connectivity index (χ0v) is 15.9. The van der Waals surface area contributed by atoms with Crippen LogP contribution in [0, 0.1) is 20.8 Å². The van der Waals surface area contributed by atoms with Gasteiger partial charge in [0.1, 0.15) is 37.3 Å². The van der Waals surface area contributed by atoms with E-state index in [0.29, 0.717) is 13.2 Å². The maximum atomic E-state index is 10.3. The minimum atomic E-state index is -0.502. The van der Waals surface area contributed by atoms with Crippen molar-refractivity contribution in [3.8, 4) is 11.5 Å². The third-order valence-corrected chi connectivity index (χ3v) is 4.54. The van der Waals surface area contributed by atoms with Gasteiger partial charge in [-0.1, -0.05) is 12.1 Å². The van der Waals surface area contributed by atoms with Crippen molar-refractivity contribution in [2.75, 3.05) is 27.3 Å². The van der Waals surface area contributed by atoms with Crippen LogP contribution in [-0.2, 0) is 6.54 Å². The summed E-state index contributed by atoms with van der Waals surface area (Å²) in [5.41, 5.74) is 4.68. The van der Waals surface area contributed by atoms with Crippen molar-refractivity contribution in [3.63, 3.8) is 0 Å². The topological polar surface area (TPSA) is 43.1 Å². The fourth-order valence-electron chi connectivity index (χ4n) is 2.95. The number of ether oxygens (including phenoxy) is 2. The van der Waals surface area contributed by atoms with E-state index >= 15 is 0 Å². The number of aryl methyl sites for hydroxylation is 2. The van der Waals surface area contributed by atoms with Crippen molar-refractivity contribution in [3.05, 3.63) is 58.7 Å². The molecule has 0 heterocycles. The molecule has 0 radical (unpaired) electrons. The van der Waals surface area contributed by atoms with Crippen LogP contribution in [0.2, 0.25) is 0 Å². The summed E-state index contributed by atoms with van der Waals surface area (Å²) in [7, 11) is 3.75. The fourth-order valence-corrected chi connectivity index (χ4v) is 2.95. The highest BCUT2D eigenvalue weighted by Crippen LogP contribution is 2.25. The Bertz CT molecular complexity index is 682. The van der Waals surface area contributed by atoms with E-state index in [2.05, 4.69) is 45.2 Å². The third-order valence-electron chi connectivity index (χ3n) is 4.54. The average Bonchev–Trinajstić information content (AvgIpc) is 2.59. The van der Waals surface area contributed by atoms with Crippen LogP contribution >= 0.6 is 0 Å². The van der Waals surface area contributed by atoms with Gasteiger partial charge in [0.2, 0.25) is 0 Å². The van der Waals surface area contributed by atoms with E-state index in [1.165, 1.54) is 16.0 Å². The standard InChI is InChI=1S/C21H29NO3/c1-15-6-7-16(2)21(17(15)3)25-14-19(23)13-22(4)12-18-8-10-20(24-5)11-9-18/h6-11,19,23H,12-14H2,1-5H3/p+1/t19-/m0/s1. The lowest BCUT2D eigenvalue weighted by Gasteiger charge is -2.20. The van der Waals surface area contributed by atoms with Gasteiger partial charge in [0.15, 0.2) is 0 Å². The Balaban J connectivity index is 1.85. The molecule has 0 aliphatic heterocycles. The number of aliphatic hydroxyl groups excluding tert-OH is 1. The number of hydrogen-bond donors (Lipinski definition) is 2. The highest BCUT2D eigenvalue weighted by molar-refractivity contribution is 5.44. The van der Waals surface area contributed by atoms with Crippen molar-refractivity contribution in [1.82, 2.24) is 0 Å². The van der Waals surface area contributed by atoms with E-state index in [1.807, 2.05) is 19.1 Å². The molecule has 4 heteroatoms. The minimum absolute atomic E-state index is 0.311. The highest BCUT2D eigenvalue weighted by atomic mass is 16.5. The van der Waals surface area contributed by atoms with E-state index in [1.54, 1.807) is 7.11 Å². The summed E-state index contributed by atoms with van der Waals surface area (Å²) >= 11 is 0. The SMILES string of the molecule is COc1ccc(C[NH+](C)C[C@H](O)COc2c(C)ccc(C)c2C)cc1. The molecule has 0 aliphatic rings.